The number of unbranched alkanes of at least 4 members (excludes halogenated alkanes) is 2. The van der Waals surface area contributed by atoms with Gasteiger partial charge in [-0.25, -0.2) is 4.79 Å². The minimum absolute atomic E-state index is 0.691. The molecule has 0 saturated heterocycles. The second-order valence-corrected chi connectivity index (χ2v) is 3.70. The first-order chi connectivity index (χ1) is 6.25. The van der Waals surface area contributed by atoms with Crippen LogP contribution in [0.4, 0.5) is 0 Å². The van der Waals surface area contributed by atoms with Gasteiger partial charge in [0.25, 0.3) is 0 Å². The molecule has 1 rings (SSSR count). The third kappa shape index (κ3) is 2.87. The molecular weight excluding hydrogens is 164 g/mol. The Bertz CT molecular complexity index is 216. The summed E-state index contributed by atoms with van der Waals surface area (Å²) in [6.45, 7) is 2.17. The Labute approximate surface area is 79.6 Å². The van der Waals surface area contributed by atoms with Gasteiger partial charge in [0, 0.05) is 5.57 Å². The lowest BCUT2D eigenvalue weighted by molar-refractivity contribution is -0.132. The van der Waals surface area contributed by atoms with Crippen molar-refractivity contribution in [2.75, 3.05) is 0 Å². The minimum Gasteiger partial charge on any atom is -0.478 e. The Hall–Kier alpha value is -0.790. The van der Waals surface area contributed by atoms with Gasteiger partial charge in [-0.2, -0.15) is 0 Å². The molecule has 0 aliphatic heterocycles. The van der Waals surface area contributed by atoms with E-state index in [-0.39, 0.29) is 0 Å². The summed E-state index contributed by atoms with van der Waals surface area (Å²) in [6, 6.07) is 0. The van der Waals surface area contributed by atoms with E-state index in [0.717, 1.165) is 32.1 Å². The van der Waals surface area contributed by atoms with Crippen LogP contribution in [0.5, 0.6) is 0 Å². The van der Waals surface area contributed by atoms with Crippen LogP contribution in [0.2, 0.25) is 0 Å². The SMILES string of the molecule is CCCCCC1=C(C(=O)O)CCC1. The van der Waals surface area contributed by atoms with Gasteiger partial charge >= 0.3 is 5.97 Å². The topological polar surface area (TPSA) is 37.3 Å². The summed E-state index contributed by atoms with van der Waals surface area (Å²) in [6.07, 6.45) is 7.44. The number of hydrogen-bond donors (Lipinski definition) is 1. The monoisotopic (exact) mass is 182 g/mol. The van der Waals surface area contributed by atoms with Crippen LogP contribution < -0.4 is 0 Å². The predicted octanol–water partition coefficient (Wildman–Crippen LogP) is 3.13. The Morgan fingerprint density at radius 2 is 2.15 bits per heavy atom. The van der Waals surface area contributed by atoms with E-state index in [1.165, 1.54) is 18.4 Å². The number of rotatable bonds is 5. The van der Waals surface area contributed by atoms with E-state index in [4.69, 9.17) is 5.11 Å². The molecule has 2 heteroatoms. The average Bonchev–Trinajstić information content (AvgIpc) is 2.53. The van der Waals surface area contributed by atoms with E-state index in [2.05, 4.69) is 6.92 Å². The first-order valence-corrected chi connectivity index (χ1v) is 5.20. The zero-order valence-electron chi connectivity index (χ0n) is 8.31. The summed E-state index contributed by atoms with van der Waals surface area (Å²) in [7, 11) is 0. The van der Waals surface area contributed by atoms with Crippen molar-refractivity contribution in [3.63, 3.8) is 0 Å². The normalized spacial score (nSPS) is 16.7. The van der Waals surface area contributed by atoms with Crippen molar-refractivity contribution in [2.45, 2.75) is 51.9 Å². The predicted molar refractivity (Wildman–Crippen MR) is 52.7 cm³/mol. The highest BCUT2D eigenvalue weighted by atomic mass is 16.4. The smallest absolute Gasteiger partial charge is 0.331 e. The van der Waals surface area contributed by atoms with Gasteiger partial charge in [-0.05, 0) is 32.1 Å². The zero-order chi connectivity index (χ0) is 9.68. The van der Waals surface area contributed by atoms with Crippen LogP contribution in [0.15, 0.2) is 11.1 Å². The van der Waals surface area contributed by atoms with E-state index < -0.39 is 5.97 Å². The van der Waals surface area contributed by atoms with Crippen LogP contribution in [0, 0.1) is 0 Å². The van der Waals surface area contributed by atoms with Gasteiger partial charge in [0.05, 0.1) is 0 Å². The minimum atomic E-state index is -0.691. The largest absolute Gasteiger partial charge is 0.478 e. The molecule has 0 bridgehead atoms. The highest BCUT2D eigenvalue weighted by Gasteiger charge is 2.19. The number of aliphatic carboxylic acids is 1. The van der Waals surface area contributed by atoms with Crippen molar-refractivity contribution in [1.82, 2.24) is 0 Å². The fraction of sp³-hybridized carbons (Fsp3) is 0.727. The van der Waals surface area contributed by atoms with Crippen molar-refractivity contribution in [3.8, 4) is 0 Å². The molecule has 13 heavy (non-hydrogen) atoms. The second kappa shape index (κ2) is 5.05. The van der Waals surface area contributed by atoms with Gasteiger partial charge in [-0.3, -0.25) is 0 Å². The average molecular weight is 182 g/mol. The molecule has 1 aliphatic rings. The van der Waals surface area contributed by atoms with Gasteiger partial charge in [0.15, 0.2) is 0 Å². The van der Waals surface area contributed by atoms with Crippen molar-refractivity contribution in [2.24, 2.45) is 0 Å². The lowest BCUT2D eigenvalue weighted by atomic mass is 10.0. The van der Waals surface area contributed by atoms with Gasteiger partial charge in [0.2, 0.25) is 0 Å². The number of hydrogen-bond acceptors (Lipinski definition) is 1. The van der Waals surface area contributed by atoms with E-state index in [9.17, 15) is 4.79 Å². The molecule has 0 fully saturated rings. The van der Waals surface area contributed by atoms with Crippen molar-refractivity contribution in [3.05, 3.63) is 11.1 Å². The number of carboxylic acids is 1. The summed E-state index contributed by atoms with van der Waals surface area (Å²) in [5, 5.41) is 8.88. The molecule has 0 radical (unpaired) electrons. The molecule has 1 N–H and O–H groups in total. The molecule has 0 unspecified atom stereocenters. The van der Waals surface area contributed by atoms with Crippen LogP contribution in [0.3, 0.4) is 0 Å². The Kier molecular flexibility index (Phi) is 4.00. The quantitative estimate of drug-likeness (QED) is 0.663. The fourth-order valence-corrected chi connectivity index (χ4v) is 1.93. The van der Waals surface area contributed by atoms with E-state index in [0.29, 0.717) is 5.57 Å². The van der Waals surface area contributed by atoms with Gasteiger partial charge in [-0.15, -0.1) is 0 Å². The molecule has 1 aliphatic carbocycles. The second-order valence-electron chi connectivity index (χ2n) is 3.70. The van der Waals surface area contributed by atoms with Crippen molar-refractivity contribution >= 4 is 5.97 Å². The molecule has 0 heterocycles. The van der Waals surface area contributed by atoms with Crippen LogP contribution in [0.25, 0.3) is 0 Å². The lowest BCUT2D eigenvalue weighted by Crippen LogP contribution is -1.99. The third-order valence-electron chi connectivity index (χ3n) is 2.67. The first-order valence-electron chi connectivity index (χ1n) is 5.20. The summed E-state index contributed by atoms with van der Waals surface area (Å²) < 4.78 is 0. The molecule has 0 aromatic carbocycles. The number of allylic oxidation sites excluding steroid dienone is 1. The van der Waals surface area contributed by atoms with Crippen molar-refractivity contribution < 1.29 is 9.90 Å². The molecule has 0 saturated carbocycles. The van der Waals surface area contributed by atoms with Gasteiger partial charge < -0.3 is 5.11 Å². The van der Waals surface area contributed by atoms with Crippen molar-refractivity contribution in [1.29, 1.82) is 0 Å². The molecule has 0 atom stereocenters. The third-order valence-corrected chi connectivity index (χ3v) is 2.67. The standard InChI is InChI=1S/C11H18O2/c1-2-3-4-6-9-7-5-8-10(9)11(12)13/h2-8H2,1H3,(H,12,13). The summed E-state index contributed by atoms with van der Waals surface area (Å²) in [5.74, 6) is -0.691. The van der Waals surface area contributed by atoms with Crippen LogP contribution >= 0.6 is 0 Å². The highest BCUT2D eigenvalue weighted by Crippen LogP contribution is 2.29. The lowest BCUT2D eigenvalue weighted by Gasteiger charge is -2.02. The Balaban J connectivity index is 2.45. The highest BCUT2D eigenvalue weighted by molar-refractivity contribution is 5.88. The summed E-state index contributed by atoms with van der Waals surface area (Å²) in [4.78, 5) is 10.8. The van der Waals surface area contributed by atoms with E-state index >= 15 is 0 Å². The molecular formula is C11H18O2. The van der Waals surface area contributed by atoms with E-state index in [1.54, 1.807) is 0 Å². The molecule has 0 amide bonds. The Morgan fingerprint density at radius 3 is 2.77 bits per heavy atom. The molecule has 0 aromatic rings. The van der Waals surface area contributed by atoms with E-state index in [1.807, 2.05) is 0 Å². The van der Waals surface area contributed by atoms with Crippen LogP contribution in [-0.2, 0) is 4.79 Å². The summed E-state index contributed by atoms with van der Waals surface area (Å²) >= 11 is 0. The van der Waals surface area contributed by atoms with Gasteiger partial charge in [-0.1, -0.05) is 25.3 Å². The summed E-state index contributed by atoms with van der Waals surface area (Å²) in [5.41, 5.74) is 1.91. The molecule has 74 valence electrons. The molecule has 2 nitrogen and oxygen atoms in total. The maximum absolute atomic E-state index is 10.8. The zero-order valence-corrected chi connectivity index (χ0v) is 8.31. The molecule has 0 spiro atoms. The maximum Gasteiger partial charge on any atom is 0.331 e. The molecule has 0 aromatic heterocycles. The first kappa shape index (κ1) is 10.3. The van der Waals surface area contributed by atoms with Gasteiger partial charge in [0.1, 0.15) is 0 Å². The van der Waals surface area contributed by atoms with Crippen LogP contribution in [0.1, 0.15) is 51.9 Å². The fourth-order valence-electron chi connectivity index (χ4n) is 1.93. The maximum atomic E-state index is 10.8. The van der Waals surface area contributed by atoms with Crippen LogP contribution in [-0.4, -0.2) is 11.1 Å². The number of carbonyl (C=O) groups is 1. The Morgan fingerprint density at radius 1 is 1.38 bits per heavy atom. The number of carboxylic acid groups (broad SMARTS) is 1.